The fraction of sp³-hybridized carbons (Fsp3) is 0.636. The Bertz CT molecular complexity index is 725. The quantitative estimate of drug-likeness (QED) is 0.358. The van der Waals surface area contributed by atoms with Crippen LogP contribution in [0.15, 0.2) is 23.2 Å². The molecule has 2 rings (SSSR count). The van der Waals surface area contributed by atoms with Crippen molar-refractivity contribution < 1.29 is 13.6 Å². The smallest absolute Gasteiger partial charge is 0.225 e. The summed E-state index contributed by atoms with van der Waals surface area (Å²) in [6.45, 7) is 11.8. The van der Waals surface area contributed by atoms with Gasteiger partial charge in [0.25, 0.3) is 0 Å². The molecular weight excluding hydrogens is 388 g/mol. The molecule has 0 aliphatic carbocycles. The summed E-state index contributed by atoms with van der Waals surface area (Å²) in [5.41, 5.74) is 0.382. The van der Waals surface area contributed by atoms with E-state index >= 15 is 0 Å². The second kappa shape index (κ2) is 11.2. The summed E-state index contributed by atoms with van der Waals surface area (Å²) in [5.74, 6) is -0.838. The van der Waals surface area contributed by atoms with Crippen molar-refractivity contribution in [3.8, 4) is 0 Å². The van der Waals surface area contributed by atoms with Crippen LogP contribution < -0.4 is 16.0 Å². The van der Waals surface area contributed by atoms with Crippen molar-refractivity contribution in [1.82, 2.24) is 20.9 Å². The number of rotatable bonds is 7. The number of nitrogens with one attached hydrogen (secondary N) is 3. The maximum Gasteiger partial charge on any atom is 0.225 e. The second-order valence-electron chi connectivity index (χ2n) is 8.71. The highest BCUT2D eigenvalue weighted by molar-refractivity contribution is 5.81. The molecule has 6 nitrogen and oxygen atoms in total. The molecule has 1 aliphatic rings. The molecule has 0 bridgehead atoms. The van der Waals surface area contributed by atoms with E-state index in [1.807, 2.05) is 27.7 Å². The Morgan fingerprint density at radius 1 is 1.17 bits per heavy atom. The molecule has 1 amide bonds. The number of hydrogen-bond donors (Lipinski definition) is 3. The highest BCUT2D eigenvalue weighted by atomic mass is 19.2. The SMILES string of the molecule is CCNC(=NCCNC(=O)C(C)(C)C)NC1CCN(Cc2ccc(F)c(F)c2)CC1. The summed E-state index contributed by atoms with van der Waals surface area (Å²) in [7, 11) is 0. The predicted octanol–water partition coefficient (Wildman–Crippen LogP) is 2.65. The van der Waals surface area contributed by atoms with Gasteiger partial charge in [-0.25, -0.2) is 8.78 Å². The van der Waals surface area contributed by atoms with Crippen molar-refractivity contribution in [2.45, 2.75) is 53.1 Å². The number of hydrogen-bond acceptors (Lipinski definition) is 3. The third kappa shape index (κ3) is 7.89. The number of amides is 1. The monoisotopic (exact) mass is 423 g/mol. The van der Waals surface area contributed by atoms with Crippen molar-refractivity contribution in [3.63, 3.8) is 0 Å². The zero-order valence-corrected chi connectivity index (χ0v) is 18.5. The third-order valence-electron chi connectivity index (χ3n) is 5.01. The molecule has 8 heteroatoms. The van der Waals surface area contributed by atoms with E-state index in [-0.39, 0.29) is 5.91 Å². The van der Waals surface area contributed by atoms with Crippen LogP contribution in [0.1, 0.15) is 46.1 Å². The zero-order chi connectivity index (χ0) is 22.1. The van der Waals surface area contributed by atoms with E-state index < -0.39 is 17.0 Å². The highest BCUT2D eigenvalue weighted by Gasteiger charge is 2.21. The summed E-state index contributed by atoms with van der Waals surface area (Å²) < 4.78 is 26.5. The number of carbonyl (C=O) groups is 1. The molecule has 0 aromatic heterocycles. The Kier molecular flexibility index (Phi) is 9.02. The minimum atomic E-state index is -0.810. The van der Waals surface area contributed by atoms with E-state index in [0.29, 0.717) is 25.7 Å². The molecule has 30 heavy (non-hydrogen) atoms. The van der Waals surface area contributed by atoms with E-state index in [1.165, 1.54) is 12.1 Å². The molecule has 0 atom stereocenters. The molecule has 1 aromatic rings. The van der Waals surface area contributed by atoms with E-state index in [0.717, 1.165) is 44.0 Å². The maximum atomic E-state index is 13.4. The Hall–Kier alpha value is -2.22. The lowest BCUT2D eigenvalue weighted by molar-refractivity contribution is -0.128. The van der Waals surface area contributed by atoms with Crippen LogP contribution in [-0.4, -0.2) is 55.5 Å². The Morgan fingerprint density at radius 2 is 1.87 bits per heavy atom. The summed E-state index contributed by atoms with van der Waals surface area (Å²) in [6.07, 6.45) is 1.88. The van der Waals surface area contributed by atoms with Crippen molar-refractivity contribution in [2.24, 2.45) is 10.4 Å². The largest absolute Gasteiger partial charge is 0.357 e. The van der Waals surface area contributed by atoms with Crippen molar-refractivity contribution in [3.05, 3.63) is 35.4 Å². The molecule has 1 aliphatic heterocycles. The number of halogens is 2. The third-order valence-corrected chi connectivity index (χ3v) is 5.01. The molecule has 0 unspecified atom stereocenters. The molecule has 1 saturated heterocycles. The lowest BCUT2D eigenvalue weighted by atomic mass is 9.96. The lowest BCUT2D eigenvalue weighted by Gasteiger charge is -2.33. The molecule has 0 saturated carbocycles. The first-order chi connectivity index (χ1) is 14.2. The van der Waals surface area contributed by atoms with E-state index in [4.69, 9.17) is 0 Å². The number of guanidine groups is 1. The molecule has 168 valence electrons. The van der Waals surface area contributed by atoms with Gasteiger partial charge >= 0.3 is 0 Å². The first-order valence-corrected chi connectivity index (χ1v) is 10.7. The van der Waals surface area contributed by atoms with Gasteiger partial charge in [0.15, 0.2) is 17.6 Å². The van der Waals surface area contributed by atoms with Gasteiger partial charge in [-0.2, -0.15) is 0 Å². The van der Waals surface area contributed by atoms with E-state index in [9.17, 15) is 13.6 Å². The summed E-state index contributed by atoms with van der Waals surface area (Å²) in [5, 5.41) is 9.61. The molecule has 1 heterocycles. The number of likely N-dealkylation sites (tertiary alicyclic amines) is 1. The number of piperidine rings is 1. The average molecular weight is 424 g/mol. The Morgan fingerprint density at radius 3 is 2.47 bits per heavy atom. The molecular formula is C22H35F2N5O. The normalized spacial score (nSPS) is 16.4. The van der Waals surface area contributed by atoms with Gasteiger partial charge in [0.2, 0.25) is 5.91 Å². The van der Waals surface area contributed by atoms with E-state index in [1.54, 1.807) is 6.07 Å². The van der Waals surface area contributed by atoms with Gasteiger partial charge in [-0.15, -0.1) is 0 Å². The molecule has 1 aromatic carbocycles. The molecule has 1 fully saturated rings. The number of nitrogens with zero attached hydrogens (tertiary/aromatic N) is 2. The van der Waals surface area contributed by atoms with Crippen molar-refractivity contribution >= 4 is 11.9 Å². The van der Waals surface area contributed by atoms with Gasteiger partial charge in [0.05, 0.1) is 6.54 Å². The highest BCUT2D eigenvalue weighted by Crippen LogP contribution is 2.16. The summed E-state index contributed by atoms with van der Waals surface area (Å²) in [4.78, 5) is 18.7. The van der Waals surface area contributed by atoms with Crippen LogP contribution >= 0.6 is 0 Å². The summed E-state index contributed by atoms with van der Waals surface area (Å²) in [6, 6.07) is 4.39. The number of carbonyl (C=O) groups excluding carboxylic acids is 1. The van der Waals surface area contributed by atoms with Crippen LogP contribution in [0.5, 0.6) is 0 Å². The molecule has 0 spiro atoms. The Balaban J connectivity index is 1.77. The molecule has 3 N–H and O–H groups in total. The first kappa shape index (κ1) is 24.1. The maximum absolute atomic E-state index is 13.4. The minimum absolute atomic E-state index is 0.0177. The van der Waals surface area contributed by atoms with Crippen LogP contribution in [0, 0.1) is 17.0 Å². The lowest BCUT2D eigenvalue weighted by Crippen LogP contribution is -2.48. The summed E-state index contributed by atoms with van der Waals surface area (Å²) >= 11 is 0. The van der Waals surface area contributed by atoms with Gasteiger partial charge in [-0.1, -0.05) is 26.8 Å². The van der Waals surface area contributed by atoms with Gasteiger partial charge in [0, 0.05) is 44.2 Å². The minimum Gasteiger partial charge on any atom is -0.357 e. The topological polar surface area (TPSA) is 68.8 Å². The fourth-order valence-electron chi connectivity index (χ4n) is 3.25. The van der Waals surface area contributed by atoms with Gasteiger partial charge in [-0.3, -0.25) is 14.7 Å². The van der Waals surface area contributed by atoms with Crippen LogP contribution in [0.25, 0.3) is 0 Å². The Labute approximate surface area is 178 Å². The zero-order valence-electron chi connectivity index (χ0n) is 18.5. The van der Waals surface area contributed by atoms with Crippen molar-refractivity contribution in [2.75, 3.05) is 32.7 Å². The first-order valence-electron chi connectivity index (χ1n) is 10.7. The van der Waals surface area contributed by atoms with Gasteiger partial charge in [0.1, 0.15) is 0 Å². The fourth-order valence-corrected chi connectivity index (χ4v) is 3.25. The van der Waals surface area contributed by atoms with Crippen molar-refractivity contribution in [1.29, 1.82) is 0 Å². The van der Waals surface area contributed by atoms with Gasteiger partial charge < -0.3 is 16.0 Å². The second-order valence-corrected chi connectivity index (χ2v) is 8.71. The molecule has 0 radical (unpaired) electrons. The standard InChI is InChI=1S/C22H35F2N5O/c1-5-25-21(27-11-10-26-20(30)22(2,3)4)28-17-8-12-29(13-9-17)15-16-6-7-18(23)19(24)14-16/h6-7,14,17H,5,8-13,15H2,1-4H3,(H,26,30)(H2,25,27,28). The number of aliphatic imine (C=N–C) groups is 1. The van der Waals surface area contributed by atoms with Crippen LogP contribution in [0.4, 0.5) is 8.78 Å². The van der Waals surface area contributed by atoms with Crippen LogP contribution in [0.2, 0.25) is 0 Å². The average Bonchev–Trinajstić information content (AvgIpc) is 2.68. The number of benzene rings is 1. The van der Waals surface area contributed by atoms with Crippen LogP contribution in [-0.2, 0) is 11.3 Å². The van der Waals surface area contributed by atoms with Gasteiger partial charge in [-0.05, 0) is 37.5 Å². The van der Waals surface area contributed by atoms with Crippen LogP contribution in [0.3, 0.4) is 0 Å². The van der Waals surface area contributed by atoms with E-state index in [2.05, 4.69) is 25.8 Å². The predicted molar refractivity (Wildman–Crippen MR) is 116 cm³/mol.